The van der Waals surface area contributed by atoms with Crippen molar-refractivity contribution in [2.45, 2.75) is 27.7 Å². The summed E-state index contributed by atoms with van der Waals surface area (Å²) in [5.41, 5.74) is 6.73. The van der Waals surface area contributed by atoms with Crippen LogP contribution < -0.4 is 11.1 Å². The van der Waals surface area contributed by atoms with E-state index in [1.165, 1.54) is 12.1 Å². The zero-order chi connectivity index (χ0) is 14.4. The minimum atomic E-state index is -0.172. The highest BCUT2D eigenvalue weighted by Crippen LogP contribution is 2.67. The Kier molecular flexibility index (Phi) is 3.00. The van der Waals surface area contributed by atoms with Crippen LogP contribution in [0.2, 0.25) is 0 Å². The largest absolute Gasteiger partial charge is 0.506 e. The smallest absolute Gasteiger partial charge is 0.251 e. The van der Waals surface area contributed by atoms with Gasteiger partial charge in [-0.1, -0.05) is 27.7 Å². The molecule has 1 fully saturated rings. The molecule has 0 aromatic heterocycles. The van der Waals surface area contributed by atoms with Crippen molar-refractivity contribution in [3.05, 3.63) is 23.8 Å². The van der Waals surface area contributed by atoms with Crippen molar-refractivity contribution in [2.75, 3.05) is 12.3 Å². The Bertz CT molecular complexity index is 507. The molecular weight excluding hydrogens is 240 g/mol. The maximum atomic E-state index is 12.0. The predicted molar refractivity (Wildman–Crippen MR) is 75.9 cm³/mol. The third-order valence-corrected chi connectivity index (χ3v) is 5.08. The molecule has 1 amide bonds. The van der Waals surface area contributed by atoms with Crippen LogP contribution in [-0.4, -0.2) is 17.6 Å². The van der Waals surface area contributed by atoms with E-state index in [4.69, 9.17) is 5.73 Å². The molecule has 0 atom stereocenters. The molecule has 104 valence electrons. The zero-order valence-electron chi connectivity index (χ0n) is 11.9. The number of rotatable bonds is 3. The first-order valence-electron chi connectivity index (χ1n) is 6.54. The van der Waals surface area contributed by atoms with E-state index in [-0.39, 0.29) is 28.2 Å². The second-order valence-electron chi connectivity index (χ2n) is 6.48. The lowest BCUT2D eigenvalue weighted by Gasteiger charge is -2.07. The molecule has 4 heteroatoms. The molecule has 0 spiro atoms. The zero-order valence-corrected chi connectivity index (χ0v) is 11.9. The van der Waals surface area contributed by atoms with Crippen molar-refractivity contribution in [3.63, 3.8) is 0 Å². The standard InChI is InChI=1S/C15H22N2O2/c1-14(2)12(15(14,3)4)8-17-13(19)9-5-6-10(16)11(18)7-9/h5-7,12,18H,8,16H2,1-4H3,(H,17,19). The van der Waals surface area contributed by atoms with Gasteiger partial charge in [-0.2, -0.15) is 0 Å². The molecule has 1 saturated carbocycles. The minimum absolute atomic E-state index is 0.0558. The fourth-order valence-corrected chi connectivity index (χ4v) is 2.83. The van der Waals surface area contributed by atoms with Crippen molar-refractivity contribution in [2.24, 2.45) is 16.7 Å². The summed E-state index contributed by atoms with van der Waals surface area (Å²) >= 11 is 0. The number of hydrogen-bond donors (Lipinski definition) is 3. The Morgan fingerprint density at radius 2 is 1.89 bits per heavy atom. The van der Waals surface area contributed by atoms with Crippen LogP contribution in [0.3, 0.4) is 0 Å². The Balaban J connectivity index is 1.98. The van der Waals surface area contributed by atoms with Crippen LogP contribution in [0.25, 0.3) is 0 Å². The van der Waals surface area contributed by atoms with E-state index in [1.807, 2.05) is 0 Å². The number of aromatic hydroxyl groups is 1. The van der Waals surface area contributed by atoms with Gasteiger partial charge in [0.1, 0.15) is 5.75 Å². The fourth-order valence-electron chi connectivity index (χ4n) is 2.83. The van der Waals surface area contributed by atoms with Crippen LogP contribution in [0, 0.1) is 16.7 Å². The van der Waals surface area contributed by atoms with E-state index in [2.05, 4.69) is 33.0 Å². The van der Waals surface area contributed by atoms with Gasteiger partial charge in [0.05, 0.1) is 5.69 Å². The first-order chi connectivity index (χ1) is 8.68. The Morgan fingerprint density at radius 3 is 2.37 bits per heavy atom. The molecule has 1 aliphatic rings. The first-order valence-corrected chi connectivity index (χ1v) is 6.54. The second-order valence-corrected chi connectivity index (χ2v) is 6.48. The van der Waals surface area contributed by atoms with Crippen molar-refractivity contribution in [3.8, 4) is 5.75 Å². The first kappa shape index (κ1) is 13.7. The summed E-state index contributed by atoms with van der Waals surface area (Å²) in [6.45, 7) is 9.54. The van der Waals surface area contributed by atoms with Gasteiger partial charge in [0.2, 0.25) is 0 Å². The summed E-state index contributed by atoms with van der Waals surface area (Å²) in [6, 6.07) is 4.55. The number of phenolic OH excluding ortho intramolecular Hbond substituents is 1. The molecule has 1 aliphatic carbocycles. The number of carbonyl (C=O) groups excluding carboxylic acids is 1. The van der Waals surface area contributed by atoms with Gasteiger partial charge in [-0.05, 0) is 34.9 Å². The molecule has 0 unspecified atom stereocenters. The molecule has 2 rings (SSSR count). The maximum Gasteiger partial charge on any atom is 0.251 e. The number of carbonyl (C=O) groups is 1. The Labute approximate surface area is 114 Å². The lowest BCUT2D eigenvalue weighted by atomic mass is 10.0. The van der Waals surface area contributed by atoms with E-state index in [9.17, 15) is 9.90 Å². The lowest BCUT2D eigenvalue weighted by molar-refractivity contribution is 0.0949. The van der Waals surface area contributed by atoms with Crippen LogP contribution in [-0.2, 0) is 0 Å². The lowest BCUT2D eigenvalue weighted by Crippen LogP contribution is -2.27. The number of nitrogen functional groups attached to an aromatic ring is 1. The van der Waals surface area contributed by atoms with Crippen molar-refractivity contribution < 1.29 is 9.90 Å². The van der Waals surface area contributed by atoms with Gasteiger partial charge in [-0.3, -0.25) is 4.79 Å². The molecule has 0 saturated heterocycles. The quantitative estimate of drug-likeness (QED) is 0.578. The summed E-state index contributed by atoms with van der Waals surface area (Å²) in [5, 5.41) is 12.4. The van der Waals surface area contributed by atoms with Crippen LogP contribution >= 0.6 is 0 Å². The third-order valence-electron chi connectivity index (χ3n) is 5.08. The van der Waals surface area contributed by atoms with Crippen LogP contribution in [0.1, 0.15) is 38.1 Å². The van der Waals surface area contributed by atoms with Crippen molar-refractivity contribution in [1.82, 2.24) is 5.32 Å². The van der Waals surface area contributed by atoms with Crippen LogP contribution in [0.5, 0.6) is 5.75 Å². The molecule has 0 radical (unpaired) electrons. The number of phenols is 1. The Hall–Kier alpha value is -1.71. The van der Waals surface area contributed by atoms with E-state index in [0.29, 0.717) is 18.0 Å². The molecule has 0 heterocycles. The SMILES string of the molecule is CC1(C)C(CNC(=O)c2ccc(N)c(O)c2)C1(C)C. The highest BCUT2D eigenvalue weighted by atomic mass is 16.3. The molecule has 4 nitrogen and oxygen atoms in total. The van der Waals surface area contributed by atoms with E-state index >= 15 is 0 Å². The van der Waals surface area contributed by atoms with Crippen molar-refractivity contribution >= 4 is 11.6 Å². The normalized spacial score (nSPS) is 20.0. The topological polar surface area (TPSA) is 75.4 Å². The number of anilines is 1. The number of hydrogen-bond acceptors (Lipinski definition) is 3. The molecule has 0 bridgehead atoms. The maximum absolute atomic E-state index is 12.0. The summed E-state index contributed by atoms with van der Waals surface area (Å²) in [4.78, 5) is 12.0. The predicted octanol–water partition coefficient (Wildman–Crippen LogP) is 2.39. The number of benzene rings is 1. The van der Waals surface area contributed by atoms with E-state index in [0.717, 1.165) is 0 Å². The highest BCUT2D eigenvalue weighted by Gasteiger charge is 2.64. The van der Waals surface area contributed by atoms with Gasteiger partial charge in [-0.15, -0.1) is 0 Å². The van der Waals surface area contributed by atoms with Gasteiger partial charge in [0, 0.05) is 12.1 Å². The average Bonchev–Trinajstić information content (AvgIpc) is 2.70. The van der Waals surface area contributed by atoms with Gasteiger partial charge in [0.25, 0.3) is 5.91 Å². The highest BCUT2D eigenvalue weighted by molar-refractivity contribution is 5.95. The van der Waals surface area contributed by atoms with Gasteiger partial charge < -0.3 is 16.2 Å². The summed E-state index contributed by atoms with van der Waals surface area (Å²) in [6.07, 6.45) is 0. The van der Waals surface area contributed by atoms with E-state index < -0.39 is 0 Å². The molecule has 19 heavy (non-hydrogen) atoms. The number of nitrogens with two attached hydrogens (primary N) is 1. The Morgan fingerprint density at radius 1 is 1.32 bits per heavy atom. The molecule has 1 aromatic rings. The monoisotopic (exact) mass is 262 g/mol. The van der Waals surface area contributed by atoms with Crippen LogP contribution in [0.15, 0.2) is 18.2 Å². The summed E-state index contributed by atoms with van der Waals surface area (Å²) in [5.74, 6) is 0.250. The number of nitrogens with one attached hydrogen (secondary N) is 1. The molecule has 0 aliphatic heterocycles. The van der Waals surface area contributed by atoms with Gasteiger partial charge in [0.15, 0.2) is 0 Å². The molecular formula is C15H22N2O2. The van der Waals surface area contributed by atoms with Crippen LogP contribution in [0.4, 0.5) is 5.69 Å². The molecule has 1 aromatic carbocycles. The fraction of sp³-hybridized carbons (Fsp3) is 0.533. The second kappa shape index (κ2) is 4.15. The third kappa shape index (κ3) is 2.15. The van der Waals surface area contributed by atoms with Gasteiger partial charge in [-0.25, -0.2) is 0 Å². The minimum Gasteiger partial charge on any atom is -0.506 e. The number of amides is 1. The van der Waals surface area contributed by atoms with Crippen molar-refractivity contribution in [1.29, 1.82) is 0 Å². The average molecular weight is 262 g/mol. The molecule has 4 N–H and O–H groups in total. The summed E-state index contributed by atoms with van der Waals surface area (Å²) < 4.78 is 0. The van der Waals surface area contributed by atoms with Gasteiger partial charge >= 0.3 is 0 Å². The van der Waals surface area contributed by atoms with E-state index in [1.54, 1.807) is 6.07 Å². The summed E-state index contributed by atoms with van der Waals surface area (Å²) in [7, 11) is 0.